The van der Waals surface area contributed by atoms with Gasteiger partial charge in [-0.3, -0.25) is 0 Å². The molecule has 112 valence electrons. The van der Waals surface area contributed by atoms with E-state index < -0.39 is 11.6 Å². The van der Waals surface area contributed by atoms with Gasteiger partial charge in [-0.2, -0.15) is 0 Å². The van der Waals surface area contributed by atoms with Crippen LogP contribution in [0.15, 0.2) is 0 Å². The number of carbonyl (C=O) groups is 2. The van der Waals surface area contributed by atoms with E-state index in [9.17, 15) is 9.59 Å². The van der Waals surface area contributed by atoms with Crippen LogP contribution in [-0.4, -0.2) is 41.6 Å². The molecule has 0 fully saturated rings. The van der Waals surface area contributed by atoms with Crippen molar-refractivity contribution in [2.75, 3.05) is 13.1 Å². The van der Waals surface area contributed by atoms with E-state index in [1.54, 1.807) is 4.90 Å². The van der Waals surface area contributed by atoms with Gasteiger partial charge in [0.15, 0.2) is 0 Å². The highest BCUT2D eigenvalue weighted by atomic mass is 16.6. The van der Waals surface area contributed by atoms with Crippen LogP contribution in [0.3, 0.4) is 0 Å². The number of hydrogen-bond acceptors (Lipinski definition) is 3. The molecule has 0 bridgehead atoms. The number of urea groups is 1. The number of ether oxygens (including phenoxy) is 1. The van der Waals surface area contributed by atoms with Gasteiger partial charge in [-0.25, -0.2) is 9.59 Å². The van der Waals surface area contributed by atoms with Gasteiger partial charge in [-0.15, -0.1) is 0 Å². The molecule has 0 aromatic rings. The molecule has 0 aliphatic heterocycles. The van der Waals surface area contributed by atoms with Gasteiger partial charge >= 0.3 is 12.0 Å². The molecule has 0 aromatic heterocycles. The lowest BCUT2D eigenvalue weighted by atomic mass is 10.0. The quantitative estimate of drug-likeness (QED) is 0.782. The number of amides is 2. The van der Waals surface area contributed by atoms with Gasteiger partial charge < -0.3 is 15.0 Å². The molecule has 0 heterocycles. The second kappa shape index (κ2) is 7.36. The first-order valence-electron chi connectivity index (χ1n) is 6.90. The number of rotatable bonds is 5. The fraction of sp³-hybridized carbons (Fsp3) is 0.857. The van der Waals surface area contributed by atoms with Crippen molar-refractivity contribution in [3.63, 3.8) is 0 Å². The standard InChI is InChI=1S/C14H28N2O3/c1-8-16(9-2)13(18)15-11(10(3)4)12(17)19-14(5,6)7/h10-11H,8-9H2,1-7H3,(H,15,18)/t11-/m0/s1. The third-order valence-corrected chi connectivity index (χ3v) is 2.66. The predicted octanol–water partition coefficient (Wildman–Crippen LogP) is 2.40. The first-order valence-corrected chi connectivity index (χ1v) is 6.90. The highest BCUT2D eigenvalue weighted by Gasteiger charge is 2.30. The zero-order valence-corrected chi connectivity index (χ0v) is 13.2. The van der Waals surface area contributed by atoms with E-state index >= 15 is 0 Å². The SMILES string of the molecule is CCN(CC)C(=O)N[C@H](C(=O)OC(C)(C)C)C(C)C. The van der Waals surface area contributed by atoms with Crippen LogP contribution in [0.4, 0.5) is 4.79 Å². The summed E-state index contributed by atoms with van der Waals surface area (Å²) >= 11 is 0. The van der Waals surface area contributed by atoms with E-state index in [2.05, 4.69) is 5.32 Å². The monoisotopic (exact) mass is 272 g/mol. The molecule has 19 heavy (non-hydrogen) atoms. The summed E-state index contributed by atoms with van der Waals surface area (Å²) < 4.78 is 5.34. The average Bonchev–Trinajstić information content (AvgIpc) is 2.24. The third-order valence-electron chi connectivity index (χ3n) is 2.66. The Bertz CT molecular complexity index is 304. The molecule has 0 aliphatic carbocycles. The summed E-state index contributed by atoms with van der Waals surface area (Å²) in [5.41, 5.74) is -0.551. The minimum Gasteiger partial charge on any atom is -0.458 e. The Morgan fingerprint density at radius 3 is 1.95 bits per heavy atom. The highest BCUT2D eigenvalue weighted by molar-refractivity contribution is 5.84. The van der Waals surface area contributed by atoms with Gasteiger partial charge in [0.25, 0.3) is 0 Å². The molecule has 0 rings (SSSR count). The van der Waals surface area contributed by atoms with Crippen LogP contribution in [0.1, 0.15) is 48.5 Å². The van der Waals surface area contributed by atoms with Crippen molar-refractivity contribution in [2.45, 2.75) is 60.1 Å². The molecule has 0 aliphatic rings. The van der Waals surface area contributed by atoms with Crippen molar-refractivity contribution in [3.8, 4) is 0 Å². The summed E-state index contributed by atoms with van der Waals surface area (Å²) in [5, 5.41) is 2.75. The normalized spacial score (nSPS) is 13.1. The van der Waals surface area contributed by atoms with E-state index in [0.717, 1.165) is 0 Å². The Morgan fingerprint density at radius 1 is 1.16 bits per heavy atom. The Morgan fingerprint density at radius 2 is 1.63 bits per heavy atom. The van der Waals surface area contributed by atoms with Gasteiger partial charge in [0.2, 0.25) is 0 Å². The lowest BCUT2D eigenvalue weighted by molar-refractivity contribution is -0.158. The Hall–Kier alpha value is -1.26. The molecule has 0 saturated carbocycles. The Labute approximate surface area is 116 Å². The van der Waals surface area contributed by atoms with Crippen LogP contribution in [0, 0.1) is 5.92 Å². The highest BCUT2D eigenvalue weighted by Crippen LogP contribution is 2.12. The van der Waals surface area contributed by atoms with E-state index in [4.69, 9.17) is 4.74 Å². The van der Waals surface area contributed by atoms with Crippen molar-refractivity contribution in [3.05, 3.63) is 0 Å². The molecule has 5 nitrogen and oxygen atoms in total. The maximum atomic E-state index is 12.1. The molecule has 2 amide bonds. The maximum Gasteiger partial charge on any atom is 0.329 e. The van der Waals surface area contributed by atoms with E-state index in [-0.39, 0.29) is 17.9 Å². The molecule has 0 aromatic carbocycles. The third kappa shape index (κ3) is 6.45. The first-order chi connectivity index (χ1) is 8.62. The zero-order chi connectivity index (χ0) is 15.2. The van der Waals surface area contributed by atoms with Crippen molar-refractivity contribution in [2.24, 2.45) is 5.92 Å². The summed E-state index contributed by atoms with van der Waals surface area (Å²) in [5.74, 6) is -0.405. The minimum absolute atomic E-state index is 0.0191. The fourth-order valence-electron chi connectivity index (χ4n) is 1.60. The van der Waals surface area contributed by atoms with E-state index in [1.165, 1.54) is 0 Å². The Kier molecular flexibility index (Phi) is 6.87. The van der Waals surface area contributed by atoms with Crippen molar-refractivity contribution in [1.82, 2.24) is 10.2 Å². The zero-order valence-electron chi connectivity index (χ0n) is 13.2. The summed E-state index contributed by atoms with van der Waals surface area (Å²) in [4.78, 5) is 25.7. The molecule has 0 spiro atoms. The second-order valence-electron chi connectivity index (χ2n) is 5.88. The van der Waals surface area contributed by atoms with Crippen molar-refractivity contribution < 1.29 is 14.3 Å². The largest absolute Gasteiger partial charge is 0.458 e. The van der Waals surface area contributed by atoms with Crippen molar-refractivity contribution in [1.29, 1.82) is 0 Å². The van der Waals surface area contributed by atoms with Crippen LogP contribution < -0.4 is 5.32 Å². The molecule has 5 heteroatoms. The average molecular weight is 272 g/mol. The van der Waals surface area contributed by atoms with Crippen LogP contribution in [0.5, 0.6) is 0 Å². The predicted molar refractivity (Wildman–Crippen MR) is 75.9 cm³/mol. The van der Waals surface area contributed by atoms with E-state index in [1.807, 2.05) is 48.5 Å². The molecular weight excluding hydrogens is 244 g/mol. The molecule has 0 unspecified atom stereocenters. The number of esters is 1. The minimum atomic E-state index is -0.618. The summed E-state index contributed by atoms with van der Waals surface area (Å²) in [6.07, 6.45) is 0. The van der Waals surface area contributed by atoms with Gasteiger partial charge in [0, 0.05) is 13.1 Å². The number of nitrogens with zero attached hydrogens (tertiary/aromatic N) is 1. The topological polar surface area (TPSA) is 58.6 Å². The molecule has 0 saturated heterocycles. The van der Waals surface area contributed by atoms with Gasteiger partial charge in [0.05, 0.1) is 0 Å². The molecule has 0 radical (unpaired) electrons. The van der Waals surface area contributed by atoms with E-state index in [0.29, 0.717) is 13.1 Å². The van der Waals surface area contributed by atoms with Gasteiger partial charge in [0.1, 0.15) is 11.6 Å². The first kappa shape index (κ1) is 17.7. The number of hydrogen-bond donors (Lipinski definition) is 1. The summed E-state index contributed by atoms with van der Waals surface area (Å²) in [7, 11) is 0. The molecule has 1 atom stereocenters. The van der Waals surface area contributed by atoms with Crippen molar-refractivity contribution >= 4 is 12.0 Å². The molecule has 1 N–H and O–H groups in total. The summed E-state index contributed by atoms with van der Waals surface area (Å²) in [6.45, 7) is 14.2. The smallest absolute Gasteiger partial charge is 0.329 e. The lowest BCUT2D eigenvalue weighted by Crippen LogP contribution is -2.51. The lowest BCUT2D eigenvalue weighted by Gasteiger charge is -2.28. The molecular formula is C14H28N2O3. The maximum absolute atomic E-state index is 12.1. The van der Waals surface area contributed by atoms with Crippen LogP contribution in [0.2, 0.25) is 0 Å². The van der Waals surface area contributed by atoms with Gasteiger partial charge in [-0.05, 0) is 40.5 Å². The second-order valence-corrected chi connectivity index (χ2v) is 5.88. The Balaban J connectivity index is 4.75. The summed E-state index contributed by atoms with van der Waals surface area (Å²) in [6, 6.07) is -0.845. The fourth-order valence-corrected chi connectivity index (χ4v) is 1.60. The number of carbonyl (C=O) groups excluding carboxylic acids is 2. The number of nitrogens with one attached hydrogen (secondary N) is 1. The van der Waals surface area contributed by atoms with Crippen LogP contribution in [0.25, 0.3) is 0 Å². The van der Waals surface area contributed by atoms with Crippen LogP contribution in [-0.2, 0) is 9.53 Å². The van der Waals surface area contributed by atoms with Gasteiger partial charge in [-0.1, -0.05) is 13.8 Å². The van der Waals surface area contributed by atoms with Crippen LogP contribution >= 0.6 is 0 Å².